The Hall–Kier alpha value is -2.90. The predicted octanol–water partition coefficient (Wildman–Crippen LogP) is 5.62. The van der Waals surface area contributed by atoms with Gasteiger partial charge in [0.05, 0.1) is 21.4 Å². The molecule has 0 saturated carbocycles. The van der Waals surface area contributed by atoms with E-state index in [0.29, 0.717) is 0 Å². The average molecular weight is 479 g/mol. The van der Waals surface area contributed by atoms with Gasteiger partial charge in [-0.15, -0.1) is 0 Å². The van der Waals surface area contributed by atoms with Crippen molar-refractivity contribution in [3.63, 3.8) is 0 Å². The van der Waals surface area contributed by atoms with Crippen molar-refractivity contribution < 1.29 is 13.7 Å². The molecular weight excluding hydrogens is 452 g/mol. The van der Waals surface area contributed by atoms with Crippen molar-refractivity contribution in [3.8, 4) is 11.1 Å². The highest BCUT2D eigenvalue weighted by Gasteiger charge is 2.29. The molecule has 170 valence electrons. The molecule has 0 aliphatic heterocycles. The third kappa shape index (κ3) is 5.04. The van der Waals surface area contributed by atoms with Gasteiger partial charge < -0.3 is 4.74 Å². The van der Waals surface area contributed by atoms with Gasteiger partial charge in [-0.1, -0.05) is 66.8 Å². The summed E-state index contributed by atoms with van der Waals surface area (Å²) in [6.45, 7) is 3.95. The van der Waals surface area contributed by atoms with Crippen molar-refractivity contribution in [3.05, 3.63) is 89.2 Å². The lowest BCUT2D eigenvalue weighted by atomic mass is 9.98. The van der Waals surface area contributed by atoms with Gasteiger partial charge in [0.25, 0.3) is 0 Å². The molecule has 1 aromatic heterocycles. The predicted molar refractivity (Wildman–Crippen MR) is 136 cm³/mol. The first-order valence-corrected chi connectivity index (χ1v) is 13.2. The largest absolute Gasteiger partial charge is 0.464 e. The molecule has 2 atom stereocenters. The Kier molecular flexibility index (Phi) is 6.72. The van der Waals surface area contributed by atoms with Crippen LogP contribution in [0.5, 0.6) is 0 Å². The maximum atomic E-state index is 13.2. The van der Waals surface area contributed by atoms with E-state index in [1.807, 2.05) is 50.2 Å². The molecule has 5 nitrogen and oxygen atoms in total. The van der Waals surface area contributed by atoms with Crippen LogP contribution in [0.25, 0.3) is 11.1 Å². The molecule has 7 heteroatoms. The smallest absolute Gasteiger partial charge is 0.312 e. The fourth-order valence-electron chi connectivity index (χ4n) is 4.08. The lowest BCUT2D eigenvalue weighted by molar-refractivity contribution is -0.142. The summed E-state index contributed by atoms with van der Waals surface area (Å²) < 4.78 is 23.0. The molecule has 0 radical (unpaired) electrons. The molecule has 1 aliphatic carbocycles. The first-order chi connectivity index (χ1) is 15.8. The zero-order valence-corrected chi connectivity index (χ0v) is 20.5. The molecule has 4 rings (SSSR count). The number of hydrogen-bond acceptors (Lipinski definition) is 5. The summed E-state index contributed by atoms with van der Waals surface area (Å²) in [7, 11) is -2.70. The maximum absolute atomic E-state index is 13.2. The van der Waals surface area contributed by atoms with Gasteiger partial charge in [-0.3, -0.25) is 9.78 Å². The fraction of sp³-hybridized carbons (Fsp3) is 0.269. The van der Waals surface area contributed by atoms with E-state index < -0.39 is 15.7 Å². The van der Waals surface area contributed by atoms with Crippen molar-refractivity contribution >= 4 is 32.9 Å². The zero-order chi connectivity index (χ0) is 23.6. The minimum Gasteiger partial charge on any atom is -0.464 e. The van der Waals surface area contributed by atoms with E-state index in [1.54, 1.807) is 12.5 Å². The van der Waals surface area contributed by atoms with E-state index in [0.717, 1.165) is 22.4 Å². The highest BCUT2D eigenvalue weighted by molar-refractivity contribution is 7.94. The first kappa shape index (κ1) is 23.3. The van der Waals surface area contributed by atoms with Crippen LogP contribution in [-0.2, 0) is 19.3 Å². The molecule has 2 unspecified atom stereocenters. The fourth-order valence-corrected chi connectivity index (χ4v) is 5.91. The SMILES string of the molecule is Cc1ccc(C(C)S(C)(=O)=NC(=S)CC(=O)OCC2c3ccccc3-c3ccccc32)cn1. The van der Waals surface area contributed by atoms with Gasteiger partial charge in [0, 0.05) is 24.1 Å². The normalized spacial score (nSPS) is 15.1. The van der Waals surface area contributed by atoms with Crippen LogP contribution in [0, 0.1) is 6.92 Å². The molecule has 0 bridgehead atoms. The van der Waals surface area contributed by atoms with Crippen LogP contribution < -0.4 is 0 Å². The number of benzene rings is 2. The van der Waals surface area contributed by atoms with Gasteiger partial charge in [0.1, 0.15) is 11.6 Å². The average Bonchev–Trinajstić information content (AvgIpc) is 3.11. The molecule has 3 aromatic rings. The topological polar surface area (TPSA) is 68.6 Å². The van der Waals surface area contributed by atoms with Crippen LogP contribution in [0.3, 0.4) is 0 Å². The summed E-state index contributed by atoms with van der Waals surface area (Å²) in [6, 6.07) is 20.1. The van der Waals surface area contributed by atoms with Gasteiger partial charge in [0.15, 0.2) is 0 Å². The number of hydrogen-bond donors (Lipinski definition) is 0. The Morgan fingerprint density at radius 2 is 1.70 bits per heavy atom. The van der Waals surface area contributed by atoms with Crippen molar-refractivity contribution in [1.82, 2.24) is 4.98 Å². The van der Waals surface area contributed by atoms with Gasteiger partial charge in [-0.25, -0.2) is 4.21 Å². The van der Waals surface area contributed by atoms with Crippen molar-refractivity contribution in [2.75, 3.05) is 12.9 Å². The van der Waals surface area contributed by atoms with Crippen LogP contribution in [0.15, 0.2) is 71.2 Å². The molecule has 0 spiro atoms. The first-order valence-electron chi connectivity index (χ1n) is 10.8. The Morgan fingerprint density at radius 1 is 1.09 bits per heavy atom. The van der Waals surface area contributed by atoms with E-state index in [2.05, 4.69) is 33.6 Å². The number of esters is 1. The number of aryl methyl sites for hydroxylation is 1. The number of fused-ring (bicyclic) bond motifs is 3. The summed E-state index contributed by atoms with van der Waals surface area (Å²) >= 11 is 5.28. The highest BCUT2D eigenvalue weighted by Crippen LogP contribution is 2.44. The number of nitrogens with zero attached hydrogens (tertiary/aromatic N) is 2. The van der Waals surface area contributed by atoms with E-state index in [-0.39, 0.29) is 29.2 Å². The number of rotatable bonds is 6. The second-order valence-corrected chi connectivity index (χ2v) is 11.4. The number of carbonyl (C=O) groups excluding carboxylic acids is 1. The Labute approximate surface area is 200 Å². The van der Waals surface area contributed by atoms with E-state index in [9.17, 15) is 9.00 Å². The van der Waals surface area contributed by atoms with Crippen molar-refractivity contribution in [1.29, 1.82) is 0 Å². The molecule has 0 fully saturated rings. The van der Waals surface area contributed by atoms with E-state index >= 15 is 0 Å². The van der Waals surface area contributed by atoms with Crippen LogP contribution in [0.2, 0.25) is 0 Å². The summed E-state index contributed by atoms with van der Waals surface area (Å²) in [5, 5.41) is -0.369. The van der Waals surface area contributed by atoms with Gasteiger partial charge in [-0.05, 0) is 47.7 Å². The quantitative estimate of drug-likeness (QED) is 0.340. The van der Waals surface area contributed by atoms with Crippen LogP contribution in [0.1, 0.15) is 46.9 Å². The molecular formula is C26H26N2O3S2. The molecule has 1 aliphatic rings. The minimum atomic E-state index is -2.70. The molecule has 0 N–H and O–H groups in total. The molecule has 1 heterocycles. The summed E-state index contributed by atoms with van der Waals surface area (Å²) in [4.78, 5) is 16.9. The Bertz CT molecular complexity index is 1280. The van der Waals surface area contributed by atoms with Crippen LogP contribution in [-0.4, -0.2) is 33.0 Å². The summed E-state index contributed by atoms with van der Waals surface area (Å²) in [5.41, 5.74) is 6.35. The lowest BCUT2D eigenvalue weighted by Crippen LogP contribution is -2.16. The zero-order valence-electron chi connectivity index (χ0n) is 18.9. The standard InChI is InChI=1S/C26H26N2O3S2/c1-17-12-13-19(15-27-17)18(2)33(3,30)28-25(32)14-26(29)31-16-24-22-10-6-4-8-20(22)21-9-5-7-11-23(21)24/h4-13,15,18,24H,14,16H2,1-3H3. The maximum Gasteiger partial charge on any atom is 0.312 e. The number of thiocarbonyl (C=S) groups is 1. The third-order valence-electron chi connectivity index (χ3n) is 6.01. The van der Waals surface area contributed by atoms with E-state index in [1.165, 1.54) is 11.1 Å². The number of pyridine rings is 1. The molecule has 0 saturated heterocycles. The number of aromatic nitrogens is 1. The van der Waals surface area contributed by atoms with Gasteiger partial charge in [0.2, 0.25) is 0 Å². The third-order valence-corrected chi connectivity index (χ3v) is 8.53. The minimum absolute atomic E-state index is 0.0173. The van der Waals surface area contributed by atoms with E-state index in [4.69, 9.17) is 17.0 Å². The molecule has 0 amide bonds. The Balaban J connectivity index is 1.41. The molecule has 33 heavy (non-hydrogen) atoms. The molecule has 2 aromatic carbocycles. The lowest BCUT2D eigenvalue weighted by Gasteiger charge is -2.15. The second-order valence-electron chi connectivity index (χ2n) is 8.31. The number of ether oxygens (including phenoxy) is 1. The number of carbonyl (C=O) groups is 1. The van der Waals surface area contributed by atoms with Crippen molar-refractivity contribution in [2.24, 2.45) is 4.36 Å². The second kappa shape index (κ2) is 9.53. The van der Waals surface area contributed by atoms with Gasteiger partial charge in [-0.2, -0.15) is 4.36 Å². The van der Waals surface area contributed by atoms with Gasteiger partial charge >= 0.3 is 5.97 Å². The Morgan fingerprint density at radius 3 is 2.27 bits per heavy atom. The van der Waals surface area contributed by atoms with Crippen LogP contribution >= 0.6 is 12.2 Å². The van der Waals surface area contributed by atoms with Crippen LogP contribution in [0.4, 0.5) is 0 Å². The van der Waals surface area contributed by atoms with Crippen molar-refractivity contribution in [2.45, 2.75) is 31.4 Å². The monoisotopic (exact) mass is 478 g/mol. The highest BCUT2D eigenvalue weighted by atomic mass is 32.2. The summed E-state index contributed by atoms with van der Waals surface area (Å²) in [6.07, 6.45) is 3.09. The summed E-state index contributed by atoms with van der Waals surface area (Å²) in [5.74, 6) is -0.484.